The summed E-state index contributed by atoms with van der Waals surface area (Å²) in [4.78, 5) is 3.79. The van der Waals surface area contributed by atoms with E-state index < -0.39 is 16.0 Å². The molecule has 0 radical (unpaired) electrons. The maximum Gasteiger partial charge on any atom is 0.306 e. The summed E-state index contributed by atoms with van der Waals surface area (Å²) >= 11 is 0. The molecule has 2 heterocycles. The van der Waals surface area contributed by atoms with Crippen molar-refractivity contribution in [3.63, 3.8) is 0 Å². The van der Waals surface area contributed by atoms with Crippen molar-refractivity contribution in [1.82, 2.24) is 20.4 Å². The number of nitrogens with zero attached hydrogens (tertiary/aromatic N) is 3. The van der Waals surface area contributed by atoms with Crippen LogP contribution in [0.25, 0.3) is 11.2 Å². The van der Waals surface area contributed by atoms with E-state index in [1.165, 1.54) is 12.3 Å². The van der Waals surface area contributed by atoms with Crippen LogP contribution in [0.1, 0.15) is 5.56 Å². The number of rotatable bonds is 2. The molecule has 6 nitrogen and oxygen atoms in total. The van der Waals surface area contributed by atoms with Gasteiger partial charge in [-0.05, 0) is 11.6 Å². The van der Waals surface area contributed by atoms with Gasteiger partial charge in [-0.15, -0.1) is 8.98 Å². The molecule has 0 unspecified atom stereocenters. The van der Waals surface area contributed by atoms with Crippen molar-refractivity contribution >= 4 is 21.4 Å². The van der Waals surface area contributed by atoms with Crippen LogP contribution in [0.5, 0.6) is 0 Å². The maximum absolute atomic E-state index is 12.3. The third-order valence-electron chi connectivity index (χ3n) is 1.57. The van der Waals surface area contributed by atoms with Crippen molar-refractivity contribution in [2.45, 2.75) is 5.75 Å². The molecule has 0 aliphatic carbocycles. The number of pyridine rings is 1. The normalized spacial score (nSPS) is 12.1. The number of H-pyrrole nitrogens is 1. The van der Waals surface area contributed by atoms with Crippen molar-refractivity contribution in [3.8, 4) is 0 Å². The zero-order valence-electron chi connectivity index (χ0n) is 6.81. The van der Waals surface area contributed by atoms with Crippen molar-refractivity contribution < 1.29 is 12.3 Å². The molecule has 0 saturated heterocycles. The molecule has 14 heavy (non-hydrogen) atoms. The molecule has 2 aromatic rings. The minimum atomic E-state index is -4.53. The summed E-state index contributed by atoms with van der Waals surface area (Å²) in [7, 11) is -4.53. The number of hydrogen-bond donors (Lipinski definition) is 1. The minimum Gasteiger partial charge on any atom is -0.233 e. The first-order valence-electron chi connectivity index (χ1n) is 3.62. The van der Waals surface area contributed by atoms with E-state index >= 15 is 0 Å². The van der Waals surface area contributed by atoms with E-state index in [4.69, 9.17) is 0 Å². The van der Waals surface area contributed by atoms with E-state index in [2.05, 4.69) is 20.4 Å². The first-order valence-corrected chi connectivity index (χ1v) is 5.17. The van der Waals surface area contributed by atoms with Gasteiger partial charge in [0.15, 0.2) is 0 Å². The van der Waals surface area contributed by atoms with Crippen LogP contribution < -0.4 is 0 Å². The van der Waals surface area contributed by atoms with Gasteiger partial charge in [-0.2, -0.15) is 18.7 Å². The molecule has 0 spiro atoms. The smallest absolute Gasteiger partial charge is 0.233 e. The van der Waals surface area contributed by atoms with Crippen LogP contribution in [0, 0.1) is 0 Å². The molecule has 2 aromatic heterocycles. The number of nitrogens with one attached hydrogen (secondary N) is 1. The fraction of sp³-hybridized carbons (Fsp3) is 0.167. The summed E-state index contributed by atoms with van der Waals surface area (Å²) in [6, 6.07) is 1.42. The van der Waals surface area contributed by atoms with E-state index in [1.54, 1.807) is 0 Å². The lowest BCUT2D eigenvalue weighted by Gasteiger charge is -1.94. The predicted octanol–water partition coefficient (Wildman–Crippen LogP) is 0.152. The van der Waals surface area contributed by atoms with Crippen LogP contribution in [0.4, 0.5) is 3.89 Å². The first kappa shape index (κ1) is 9.00. The lowest BCUT2D eigenvalue weighted by molar-refractivity contribution is 0.551. The van der Waals surface area contributed by atoms with Gasteiger partial charge in [-0.25, -0.2) is 4.98 Å². The minimum absolute atomic E-state index is 0.244. The van der Waals surface area contributed by atoms with Gasteiger partial charge in [-0.1, -0.05) is 0 Å². The van der Waals surface area contributed by atoms with Crippen LogP contribution in [-0.4, -0.2) is 28.8 Å². The topological polar surface area (TPSA) is 88.6 Å². The van der Waals surface area contributed by atoms with Gasteiger partial charge in [0.05, 0.1) is 0 Å². The van der Waals surface area contributed by atoms with E-state index in [-0.39, 0.29) is 5.56 Å². The lowest BCUT2D eigenvalue weighted by Crippen LogP contribution is -1.96. The SMILES string of the molecule is O=S(=O)(F)Cc1cnc2n[nH]nc2c1. The van der Waals surface area contributed by atoms with Crippen LogP contribution in [-0.2, 0) is 16.0 Å². The molecule has 0 fully saturated rings. The number of aromatic nitrogens is 4. The molecule has 2 rings (SSSR count). The molecule has 1 N–H and O–H groups in total. The Balaban J connectivity index is 2.44. The second-order valence-electron chi connectivity index (χ2n) is 2.69. The van der Waals surface area contributed by atoms with Crippen LogP contribution in [0.3, 0.4) is 0 Å². The largest absolute Gasteiger partial charge is 0.306 e. The summed E-state index contributed by atoms with van der Waals surface area (Å²) < 4.78 is 33.0. The molecule has 74 valence electrons. The average molecular weight is 216 g/mol. The third-order valence-corrected chi connectivity index (χ3v) is 2.25. The number of aromatic amines is 1. The fourth-order valence-electron chi connectivity index (χ4n) is 1.06. The molecule has 0 atom stereocenters. The molecule has 0 aliphatic heterocycles. The average Bonchev–Trinajstić information content (AvgIpc) is 2.47. The van der Waals surface area contributed by atoms with Crippen molar-refractivity contribution in [1.29, 1.82) is 0 Å². The summed E-state index contributed by atoms with van der Waals surface area (Å²) in [6.07, 6.45) is 1.25. The molecule has 0 aliphatic rings. The predicted molar refractivity (Wildman–Crippen MR) is 45.4 cm³/mol. The number of halogens is 1. The first-order chi connectivity index (χ1) is 6.54. The van der Waals surface area contributed by atoms with E-state index in [0.717, 1.165) is 0 Å². The lowest BCUT2D eigenvalue weighted by atomic mass is 10.3. The van der Waals surface area contributed by atoms with Gasteiger partial charge in [0.25, 0.3) is 0 Å². The Morgan fingerprint density at radius 2 is 2.21 bits per heavy atom. The number of fused-ring (bicyclic) bond motifs is 1. The third kappa shape index (κ3) is 1.84. The Morgan fingerprint density at radius 3 is 2.93 bits per heavy atom. The Hall–Kier alpha value is -1.57. The van der Waals surface area contributed by atoms with Gasteiger partial charge in [0, 0.05) is 6.20 Å². The highest BCUT2D eigenvalue weighted by molar-refractivity contribution is 7.85. The zero-order valence-corrected chi connectivity index (χ0v) is 7.62. The van der Waals surface area contributed by atoms with E-state index in [9.17, 15) is 12.3 Å². The van der Waals surface area contributed by atoms with Gasteiger partial charge in [0.2, 0.25) is 5.65 Å². The second-order valence-corrected chi connectivity index (χ2v) is 4.06. The highest BCUT2D eigenvalue weighted by atomic mass is 32.3. The zero-order chi connectivity index (χ0) is 10.2. The van der Waals surface area contributed by atoms with Crippen LogP contribution in [0.15, 0.2) is 12.3 Å². The quantitative estimate of drug-likeness (QED) is 0.722. The van der Waals surface area contributed by atoms with Gasteiger partial charge < -0.3 is 0 Å². The standard InChI is InChI=1S/C6H5FN4O2S/c7-14(12,13)3-4-1-5-6(8-2-4)10-11-9-5/h1-2H,3H2,(H,8,9,10,11). The Morgan fingerprint density at radius 1 is 1.43 bits per heavy atom. The van der Waals surface area contributed by atoms with Crippen LogP contribution in [0.2, 0.25) is 0 Å². The Labute approximate surface area is 78.4 Å². The fourth-order valence-corrected chi connectivity index (χ4v) is 1.62. The van der Waals surface area contributed by atoms with Gasteiger partial charge in [-0.3, -0.25) is 0 Å². The molecule has 0 aromatic carbocycles. The van der Waals surface area contributed by atoms with Crippen molar-refractivity contribution in [3.05, 3.63) is 17.8 Å². The van der Waals surface area contributed by atoms with Gasteiger partial charge >= 0.3 is 10.2 Å². The van der Waals surface area contributed by atoms with E-state index in [0.29, 0.717) is 11.2 Å². The van der Waals surface area contributed by atoms with Crippen molar-refractivity contribution in [2.75, 3.05) is 0 Å². The monoisotopic (exact) mass is 216 g/mol. The maximum atomic E-state index is 12.3. The molecular weight excluding hydrogens is 211 g/mol. The highest BCUT2D eigenvalue weighted by Crippen LogP contribution is 2.10. The Bertz CT molecular complexity index is 564. The summed E-state index contributed by atoms with van der Waals surface area (Å²) in [5.74, 6) is -0.692. The summed E-state index contributed by atoms with van der Waals surface area (Å²) in [6.45, 7) is 0. The highest BCUT2D eigenvalue weighted by Gasteiger charge is 2.10. The number of hydrogen-bond acceptors (Lipinski definition) is 5. The molecule has 0 bridgehead atoms. The second kappa shape index (κ2) is 2.98. The summed E-state index contributed by atoms with van der Waals surface area (Å²) in [5, 5.41) is 9.68. The molecule has 0 amide bonds. The van der Waals surface area contributed by atoms with Crippen molar-refractivity contribution in [2.24, 2.45) is 0 Å². The van der Waals surface area contributed by atoms with Gasteiger partial charge in [0.1, 0.15) is 11.3 Å². The molecular formula is C6H5FN4O2S. The Kier molecular flexibility index (Phi) is 1.92. The molecule has 0 saturated carbocycles. The van der Waals surface area contributed by atoms with Crippen LogP contribution >= 0.6 is 0 Å². The summed E-state index contributed by atoms with van der Waals surface area (Å²) in [5.41, 5.74) is 1.02. The molecule has 8 heteroatoms. The van der Waals surface area contributed by atoms with E-state index in [1.807, 2.05) is 0 Å².